The van der Waals surface area contributed by atoms with Crippen molar-refractivity contribution in [2.24, 2.45) is 0 Å². The highest BCUT2D eigenvalue weighted by Crippen LogP contribution is 2.39. The maximum absolute atomic E-state index is 11.7. The monoisotopic (exact) mass is 319 g/mol. The summed E-state index contributed by atoms with van der Waals surface area (Å²) in [6, 6.07) is 10.4. The second-order valence-corrected chi connectivity index (χ2v) is 7.81. The van der Waals surface area contributed by atoms with Crippen LogP contribution in [0.25, 0.3) is 10.8 Å². The summed E-state index contributed by atoms with van der Waals surface area (Å²) in [7, 11) is -1.49. The lowest BCUT2D eigenvalue weighted by molar-refractivity contribution is 0.415. The molecule has 0 aliphatic heterocycles. The standard InChI is InChI=1S/C17H21NO3S/c1-3-22(19,20)18-11-14-7-6-13-5-4-12-8-9-15(21-2)10-16(12)17(13)14/h4-5,8-10,14,18H,3,6-7,11H2,1-2H3. The van der Waals surface area contributed by atoms with Crippen molar-refractivity contribution < 1.29 is 13.2 Å². The third-order valence-electron chi connectivity index (χ3n) is 4.46. The molecule has 4 nitrogen and oxygen atoms in total. The highest BCUT2D eigenvalue weighted by Gasteiger charge is 2.25. The van der Waals surface area contributed by atoms with E-state index in [1.54, 1.807) is 14.0 Å². The molecule has 0 fully saturated rings. The molecule has 118 valence electrons. The van der Waals surface area contributed by atoms with Gasteiger partial charge in [0.05, 0.1) is 12.9 Å². The lowest BCUT2D eigenvalue weighted by Gasteiger charge is -2.15. The molecule has 0 amide bonds. The average molecular weight is 319 g/mol. The molecule has 2 aromatic rings. The Morgan fingerprint density at radius 3 is 2.77 bits per heavy atom. The van der Waals surface area contributed by atoms with Gasteiger partial charge in [0.1, 0.15) is 5.75 Å². The minimum Gasteiger partial charge on any atom is -0.497 e. The quantitative estimate of drug-likeness (QED) is 0.922. The third-order valence-corrected chi connectivity index (χ3v) is 5.83. The smallest absolute Gasteiger partial charge is 0.211 e. The third kappa shape index (κ3) is 2.83. The first-order valence-electron chi connectivity index (χ1n) is 7.61. The van der Waals surface area contributed by atoms with Gasteiger partial charge < -0.3 is 4.74 Å². The summed E-state index contributed by atoms with van der Waals surface area (Å²) >= 11 is 0. The Morgan fingerprint density at radius 2 is 2.05 bits per heavy atom. The van der Waals surface area contributed by atoms with Crippen LogP contribution in [0.1, 0.15) is 30.4 Å². The van der Waals surface area contributed by atoms with Gasteiger partial charge in [0.2, 0.25) is 10.0 Å². The number of hydrogen-bond donors (Lipinski definition) is 1. The van der Waals surface area contributed by atoms with Gasteiger partial charge in [-0.3, -0.25) is 0 Å². The number of nitrogens with one attached hydrogen (secondary N) is 1. The number of fused-ring (bicyclic) bond motifs is 3. The molecule has 22 heavy (non-hydrogen) atoms. The Hall–Kier alpha value is -1.59. The van der Waals surface area contributed by atoms with Crippen molar-refractivity contribution in [1.29, 1.82) is 0 Å². The van der Waals surface area contributed by atoms with Crippen LogP contribution < -0.4 is 9.46 Å². The van der Waals surface area contributed by atoms with Crippen LogP contribution in [0.2, 0.25) is 0 Å². The fourth-order valence-electron chi connectivity index (χ4n) is 3.20. The summed E-state index contributed by atoms with van der Waals surface area (Å²) in [6.45, 7) is 2.13. The Labute approximate surface area is 131 Å². The summed E-state index contributed by atoms with van der Waals surface area (Å²) in [4.78, 5) is 0. The van der Waals surface area contributed by atoms with Crippen molar-refractivity contribution in [1.82, 2.24) is 4.72 Å². The normalized spacial score (nSPS) is 17.6. The van der Waals surface area contributed by atoms with E-state index in [0.717, 1.165) is 18.6 Å². The van der Waals surface area contributed by atoms with Crippen LogP contribution in [0.15, 0.2) is 30.3 Å². The first kappa shape index (κ1) is 15.3. The van der Waals surface area contributed by atoms with Crippen LogP contribution in [-0.2, 0) is 16.4 Å². The number of ether oxygens (including phenoxy) is 1. The minimum absolute atomic E-state index is 0.121. The van der Waals surface area contributed by atoms with Gasteiger partial charge in [-0.15, -0.1) is 0 Å². The van der Waals surface area contributed by atoms with Gasteiger partial charge in [0.15, 0.2) is 0 Å². The van der Waals surface area contributed by atoms with Crippen molar-refractivity contribution in [3.05, 3.63) is 41.5 Å². The van der Waals surface area contributed by atoms with E-state index in [1.807, 2.05) is 6.07 Å². The number of hydrogen-bond acceptors (Lipinski definition) is 3. The fourth-order valence-corrected chi connectivity index (χ4v) is 3.86. The van der Waals surface area contributed by atoms with Gasteiger partial charge >= 0.3 is 0 Å². The van der Waals surface area contributed by atoms with Crippen molar-refractivity contribution in [3.8, 4) is 5.75 Å². The van der Waals surface area contributed by atoms with Crippen molar-refractivity contribution in [2.75, 3.05) is 19.4 Å². The van der Waals surface area contributed by atoms with Gasteiger partial charge in [-0.2, -0.15) is 0 Å². The molecule has 0 bridgehead atoms. The van der Waals surface area contributed by atoms with Gasteiger partial charge in [-0.25, -0.2) is 13.1 Å². The van der Waals surface area contributed by atoms with E-state index in [1.165, 1.54) is 21.9 Å². The second-order valence-electron chi connectivity index (χ2n) is 5.71. The maximum Gasteiger partial charge on any atom is 0.211 e. The number of benzene rings is 2. The summed E-state index contributed by atoms with van der Waals surface area (Å²) < 4.78 is 31.5. The van der Waals surface area contributed by atoms with E-state index < -0.39 is 10.0 Å². The molecule has 1 aliphatic carbocycles. The molecule has 0 heterocycles. The number of rotatable bonds is 5. The first-order valence-corrected chi connectivity index (χ1v) is 9.26. The number of methoxy groups -OCH3 is 1. The molecule has 3 rings (SSSR count). The number of sulfonamides is 1. The Bertz CT molecular complexity index is 799. The van der Waals surface area contributed by atoms with Crippen molar-refractivity contribution in [2.45, 2.75) is 25.7 Å². The molecule has 0 saturated heterocycles. The maximum atomic E-state index is 11.7. The van der Waals surface area contributed by atoms with Gasteiger partial charge in [-0.1, -0.05) is 18.2 Å². The first-order chi connectivity index (χ1) is 10.5. The van der Waals surface area contributed by atoms with E-state index in [4.69, 9.17) is 4.74 Å². The SMILES string of the molecule is CCS(=O)(=O)NCC1CCc2ccc3ccc(OC)cc3c21. The zero-order valence-corrected chi connectivity index (χ0v) is 13.7. The summed E-state index contributed by atoms with van der Waals surface area (Å²) in [6.07, 6.45) is 1.99. The van der Waals surface area contributed by atoms with Crippen LogP contribution >= 0.6 is 0 Å². The second kappa shape index (κ2) is 5.89. The van der Waals surface area contributed by atoms with E-state index >= 15 is 0 Å². The highest BCUT2D eigenvalue weighted by molar-refractivity contribution is 7.89. The molecule has 5 heteroatoms. The fraction of sp³-hybridized carbons (Fsp3) is 0.412. The van der Waals surface area contributed by atoms with Crippen LogP contribution in [-0.4, -0.2) is 27.8 Å². The molecular weight excluding hydrogens is 298 g/mol. The molecule has 1 N–H and O–H groups in total. The molecule has 1 aliphatic rings. The molecule has 1 atom stereocenters. The van der Waals surface area contributed by atoms with Gasteiger partial charge in [0, 0.05) is 6.54 Å². The summed E-state index contributed by atoms with van der Waals surface area (Å²) in [5, 5.41) is 2.35. The Kier molecular flexibility index (Phi) is 4.10. The zero-order valence-electron chi connectivity index (χ0n) is 12.9. The lowest BCUT2D eigenvalue weighted by Crippen LogP contribution is -2.29. The Morgan fingerprint density at radius 1 is 1.27 bits per heavy atom. The van der Waals surface area contributed by atoms with Crippen LogP contribution in [0.3, 0.4) is 0 Å². The highest BCUT2D eigenvalue weighted by atomic mass is 32.2. The topological polar surface area (TPSA) is 55.4 Å². The van der Waals surface area contributed by atoms with E-state index in [2.05, 4.69) is 29.0 Å². The summed E-state index contributed by atoms with van der Waals surface area (Å²) in [5.41, 5.74) is 2.59. The predicted molar refractivity (Wildman–Crippen MR) is 89.0 cm³/mol. The molecule has 0 spiro atoms. The zero-order chi connectivity index (χ0) is 15.7. The van der Waals surface area contributed by atoms with Gasteiger partial charge in [-0.05, 0) is 59.7 Å². The van der Waals surface area contributed by atoms with Crippen LogP contribution in [0, 0.1) is 0 Å². The summed E-state index contributed by atoms with van der Waals surface area (Å²) in [5.74, 6) is 1.18. The molecular formula is C17H21NO3S. The molecule has 0 radical (unpaired) electrons. The minimum atomic E-state index is -3.15. The lowest BCUT2D eigenvalue weighted by atomic mass is 9.94. The van der Waals surface area contributed by atoms with Crippen molar-refractivity contribution in [3.63, 3.8) is 0 Å². The predicted octanol–water partition coefficient (Wildman–Crippen LogP) is 2.82. The van der Waals surface area contributed by atoms with E-state index in [9.17, 15) is 8.42 Å². The van der Waals surface area contributed by atoms with E-state index in [0.29, 0.717) is 6.54 Å². The van der Waals surface area contributed by atoms with E-state index in [-0.39, 0.29) is 11.7 Å². The molecule has 1 unspecified atom stereocenters. The molecule has 0 saturated carbocycles. The number of aryl methyl sites for hydroxylation is 1. The molecule has 2 aromatic carbocycles. The average Bonchev–Trinajstić information content (AvgIpc) is 2.96. The molecule has 0 aromatic heterocycles. The van der Waals surface area contributed by atoms with Crippen LogP contribution in [0.4, 0.5) is 0 Å². The van der Waals surface area contributed by atoms with Crippen molar-refractivity contribution >= 4 is 20.8 Å². The Balaban J connectivity index is 1.99. The van der Waals surface area contributed by atoms with Crippen LogP contribution in [0.5, 0.6) is 5.75 Å². The largest absolute Gasteiger partial charge is 0.497 e. The van der Waals surface area contributed by atoms with Gasteiger partial charge in [0.25, 0.3) is 0 Å².